The van der Waals surface area contributed by atoms with Gasteiger partial charge in [-0.2, -0.15) is 0 Å². The number of rotatable bonds is 5. The van der Waals surface area contributed by atoms with Gasteiger partial charge in [0.15, 0.2) is 0 Å². The first kappa shape index (κ1) is 18.5. The average Bonchev–Trinajstić information content (AvgIpc) is 2.62. The number of nitrogens with zero attached hydrogens (tertiary/aromatic N) is 2. The number of anilines is 4. The number of amides is 1. The molecule has 3 aromatic rings. The van der Waals surface area contributed by atoms with Gasteiger partial charge in [0.25, 0.3) is 5.91 Å². The van der Waals surface area contributed by atoms with E-state index in [1.807, 2.05) is 69.2 Å². The van der Waals surface area contributed by atoms with Crippen molar-refractivity contribution >= 4 is 28.8 Å². The zero-order chi connectivity index (χ0) is 19.4. The SMILES string of the molecule is Cc1cc(C)cc(NC(=O)c2ccc(Nc3ccc(N(C)C)cc3)nc2)c1. The fraction of sp³-hybridized carbons (Fsp3) is 0.182. The van der Waals surface area contributed by atoms with Gasteiger partial charge in [-0.3, -0.25) is 4.79 Å². The van der Waals surface area contributed by atoms with Crippen LogP contribution >= 0.6 is 0 Å². The van der Waals surface area contributed by atoms with Crippen LogP contribution in [0.1, 0.15) is 21.5 Å². The molecule has 0 fully saturated rings. The number of hydrogen-bond donors (Lipinski definition) is 2. The number of benzene rings is 2. The van der Waals surface area contributed by atoms with Gasteiger partial charge in [0, 0.05) is 37.4 Å². The van der Waals surface area contributed by atoms with Gasteiger partial charge in [0.1, 0.15) is 5.82 Å². The second-order valence-corrected chi connectivity index (χ2v) is 6.83. The van der Waals surface area contributed by atoms with E-state index in [-0.39, 0.29) is 5.91 Å². The van der Waals surface area contributed by atoms with Gasteiger partial charge in [-0.1, -0.05) is 6.07 Å². The minimum atomic E-state index is -0.172. The molecule has 2 N–H and O–H groups in total. The Kier molecular flexibility index (Phi) is 5.41. The van der Waals surface area contributed by atoms with Crippen molar-refractivity contribution in [3.05, 3.63) is 77.5 Å². The topological polar surface area (TPSA) is 57.3 Å². The predicted octanol–water partition coefficient (Wildman–Crippen LogP) is 4.76. The highest BCUT2D eigenvalue weighted by atomic mass is 16.1. The van der Waals surface area contributed by atoms with Crippen molar-refractivity contribution in [1.82, 2.24) is 4.98 Å². The van der Waals surface area contributed by atoms with Gasteiger partial charge in [-0.05, 0) is 73.5 Å². The fourth-order valence-electron chi connectivity index (χ4n) is 2.84. The summed E-state index contributed by atoms with van der Waals surface area (Å²) in [6.07, 6.45) is 1.58. The number of pyridine rings is 1. The van der Waals surface area contributed by atoms with E-state index in [1.54, 1.807) is 18.3 Å². The van der Waals surface area contributed by atoms with Crippen LogP contribution in [0.15, 0.2) is 60.8 Å². The largest absolute Gasteiger partial charge is 0.378 e. The number of nitrogens with one attached hydrogen (secondary N) is 2. The molecule has 0 atom stereocenters. The van der Waals surface area contributed by atoms with Gasteiger partial charge < -0.3 is 15.5 Å². The summed E-state index contributed by atoms with van der Waals surface area (Å²) in [7, 11) is 4.01. The normalized spacial score (nSPS) is 10.4. The average molecular weight is 360 g/mol. The van der Waals surface area contributed by atoms with Crippen LogP contribution in [0.25, 0.3) is 0 Å². The molecule has 0 aliphatic rings. The lowest BCUT2D eigenvalue weighted by Crippen LogP contribution is -2.12. The molecule has 0 bridgehead atoms. The van der Waals surface area contributed by atoms with E-state index < -0.39 is 0 Å². The molecule has 0 aliphatic carbocycles. The van der Waals surface area contributed by atoms with E-state index in [4.69, 9.17) is 0 Å². The first-order valence-electron chi connectivity index (χ1n) is 8.81. The van der Waals surface area contributed by atoms with Gasteiger partial charge in [0.2, 0.25) is 0 Å². The zero-order valence-corrected chi connectivity index (χ0v) is 16.1. The molecule has 0 radical (unpaired) electrons. The lowest BCUT2D eigenvalue weighted by atomic mass is 10.1. The molecule has 1 aromatic heterocycles. The third-order valence-corrected chi connectivity index (χ3v) is 4.16. The second kappa shape index (κ2) is 7.91. The Balaban J connectivity index is 1.66. The summed E-state index contributed by atoms with van der Waals surface area (Å²) in [6, 6.07) is 17.6. The monoisotopic (exact) mass is 360 g/mol. The quantitative estimate of drug-likeness (QED) is 0.689. The second-order valence-electron chi connectivity index (χ2n) is 6.83. The molecule has 2 aromatic carbocycles. The maximum Gasteiger partial charge on any atom is 0.257 e. The fourth-order valence-corrected chi connectivity index (χ4v) is 2.84. The third-order valence-electron chi connectivity index (χ3n) is 4.16. The van der Waals surface area contributed by atoms with Crippen LogP contribution in [-0.2, 0) is 0 Å². The summed E-state index contributed by atoms with van der Waals surface area (Å²) in [6.45, 7) is 4.02. The van der Waals surface area contributed by atoms with Crippen LogP contribution in [-0.4, -0.2) is 25.0 Å². The Morgan fingerprint density at radius 3 is 2.11 bits per heavy atom. The van der Waals surface area contributed by atoms with E-state index in [9.17, 15) is 4.79 Å². The number of aryl methyl sites for hydroxylation is 2. The molecule has 0 saturated carbocycles. The summed E-state index contributed by atoms with van der Waals surface area (Å²) in [5.41, 5.74) is 5.61. The number of carbonyl (C=O) groups is 1. The molecule has 138 valence electrons. The number of hydrogen-bond acceptors (Lipinski definition) is 4. The Morgan fingerprint density at radius 2 is 1.56 bits per heavy atom. The van der Waals surface area contributed by atoms with Gasteiger partial charge in [-0.25, -0.2) is 4.98 Å². The van der Waals surface area contributed by atoms with Crippen molar-refractivity contribution in [3.8, 4) is 0 Å². The molecule has 1 heterocycles. The molecule has 5 nitrogen and oxygen atoms in total. The van der Waals surface area contributed by atoms with E-state index in [1.165, 1.54) is 0 Å². The van der Waals surface area contributed by atoms with Crippen LogP contribution in [0.4, 0.5) is 22.9 Å². The number of carbonyl (C=O) groups excluding carboxylic acids is 1. The predicted molar refractivity (Wildman–Crippen MR) is 112 cm³/mol. The summed E-state index contributed by atoms with van der Waals surface area (Å²) >= 11 is 0. The molecule has 1 amide bonds. The Bertz CT molecular complexity index is 911. The Labute approximate surface area is 160 Å². The Morgan fingerprint density at radius 1 is 0.889 bits per heavy atom. The lowest BCUT2D eigenvalue weighted by molar-refractivity contribution is 0.102. The summed E-state index contributed by atoms with van der Waals surface area (Å²) < 4.78 is 0. The summed E-state index contributed by atoms with van der Waals surface area (Å²) in [5, 5.41) is 6.16. The first-order valence-corrected chi connectivity index (χ1v) is 8.81. The van der Waals surface area contributed by atoms with Crippen molar-refractivity contribution in [2.75, 3.05) is 29.6 Å². The molecule has 0 saturated heterocycles. The van der Waals surface area contributed by atoms with Gasteiger partial charge >= 0.3 is 0 Å². The van der Waals surface area contributed by atoms with Crippen LogP contribution in [0, 0.1) is 13.8 Å². The molecule has 27 heavy (non-hydrogen) atoms. The zero-order valence-electron chi connectivity index (χ0n) is 16.1. The van der Waals surface area contributed by atoms with E-state index in [2.05, 4.69) is 21.7 Å². The van der Waals surface area contributed by atoms with Gasteiger partial charge in [0.05, 0.1) is 5.56 Å². The molecular formula is C22H24N4O. The maximum atomic E-state index is 12.4. The highest BCUT2D eigenvalue weighted by Gasteiger charge is 2.08. The standard InChI is InChI=1S/C22H24N4O/c1-15-11-16(2)13-19(12-15)25-22(27)17-5-10-21(23-14-17)24-18-6-8-20(9-7-18)26(3)4/h5-14H,1-4H3,(H,23,24)(H,25,27). The molecule has 0 aliphatic heterocycles. The van der Waals surface area contributed by atoms with E-state index >= 15 is 0 Å². The molecule has 5 heteroatoms. The van der Waals surface area contributed by atoms with Gasteiger partial charge in [-0.15, -0.1) is 0 Å². The first-order chi connectivity index (χ1) is 12.9. The van der Waals surface area contributed by atoms with E-state index in [0.717, 1.165) is 28.2 Å². The molecule has 0 unspecified atom stereocenters. The highest BCUT2D eigenvalue weighted by molar-refractivity contribution is 6.04. The van der Waals surface area contributed by atoms with Crippen LogP contribution in [0.3, 0.4) is 0 Å². The van der Waals surface area contributed by atoms with E-state index in [0.29, 0.717) is 11.4 Å². The summed E-state index contributed by atoms with van der Waals surface area (Å²) in [4.78, 5) is 18.8. The minimum Gasteiger partial charge on any atom is -0.378 e. The van der Waals surface area contributed by atoms with Crippen molar-refractivity contribution in [2.45, 2.75) is 13.8 Å². The number of aromatic nitrogens is 1. The van der Waals surface area contributed by atoms with Crippen molar-refractivity contribution in [3.63, 3.8) is 0 Å². The van der Waals surface area contributed by atoms with Crippen molar-refractivity contribution in [2.24, 2.45) is 0 Å². The van der Waals surface area contributed by atoms with Crippen LogP contribution in [0.5, 0.6) is 0 Å². The van der Waals surface area contributed by atoms with Crippen molar-refractivity contribution < 1.29 is 4.79 Å². The minimum absolute atomic E-state index is 0.172. The van der Waals surface area contributed by atoms with Crippen LogP contribution < -0.4 is 15.5 Å². The third kappa shape index (κ3) is 4.85. The summed E-state index contributed by atoms with van der Waals surface area (Å²) in [5.74, 6) is 0.518. The lowest BCUT2D eigenvalue weighted by Gasteiger charge is -2.13. The Hall–Kier alpha value is -3.34. The molecular weight excluding hydrogens is 336 g/mol. The molecule has 3 rings (SSSR count). The maximum absolute atomic E-state index is 12.4. The van der Waals surface area contributed by atoms with Crippen molar-refractivity contribution in [1.29, 1.82) is 0 Å². The smallest absolute Gasteiger partial charge is 0.257 e. The molecule has 0 spiro atoms. The van der Waals surface area contributed by atoms with Crippen LogP contribution in [0.2, 0.25) is 0 Å². The highest BCUT2D eigenvalue weighted by Crippen LogP contribution is 2.20.